The number of nitrogens with zero attached hydrogens (tertiary/aromatic N) is 3. The minimum absolute atomic E-state index is 0.130. The van der Waals surface area contributed by atoms with Crippen molar-refractivity contribution in [3.63, 3.8) is 0 Å². The summed E-state index contributed by atoms with van der Waals surface area (Å²) in [6, 6.07) is 0.667. The molecule has 2 heterocycles. The second-order valence-electron chi connectivity index (χ2n) is 7.45. The summed E-state index contributed by atoms with van der Waals surface area (Å²) < 4.78 is 2.42. The lowest BCUT2D eigenvalue weighted by atomic mass is 9.77. The Kier molecular flexibility index (Phi) is 5.19. The predicted octanol–water partition coefficient (Wildman–Crippen LogP) is 3.37. The van der Waals surface area contributed by atoms with E-state index in [1.165, 1.54) is 44.2 Å². The fourth-order valence-electron chi connectivity index (χ4n) is 4.58. The van der Waals surface area contributed by atoms with Gasteiger partial charge in [0.25, 0.3) is 0 Å². The number of hydrogen-bond acceptors (Lipinski definition) is 3. The molecular formula is C18H31N3O. The third kappa shape index (κ3) is 3.38. The van der Waals surface area contributed by atoms with Crippen LogP contribution in [0.2, 0.25) is 0 Å². The monoisotopic (exact) mass is 305 g/mol. The van der Waals surface area contributed by atoms with Gasteiger partial charge in [-0.25, -0.2) is 4.98 Å². The molecule has 3 rings (SSSR count). The molecule has 0 aromatic carbocycles. The van der Waals surface area contributed by atoms with Gasteiger partial charge >= 0.3 is 0 Å². The highest BCUT2D eigenvalue weighted by molar-refractivity contribution is 5.02. The highest BCUT2D eigenvalue weighted by Crippen LogP contribution is 2.35. The molecule has 2 aliphatic rings. The molecule has 0 spiro atoms. The molecule has 1 saturated heterocycles. The van der Waals surface area contributed by atoms with Crippen molar-refractivity contribution < 1.29 is 5.11 Å². The van der Waals surface area contributed by atoms with Crippen LogP contribution in [0.4, 0.5) is 0 Å². The third-order valence-corrected chi connectivity index (χ3v) is 5.71. The maximum atomic E-state index is 9.90. The molecule has 1 aromatic heterocycles. The van der Waals surface area contributed by atoms with Gasteiger partial charge in [-0.3, -0.25) is 4.90 Å². The maximum Gasteiger partial charge on any atom is 0.0951 e. The van der Waals surface area contributed by atoms with E-state index in [9.17, 15) is 5.11 Å². The van der Waals surface area contributed by atoms with Crippen LogP contribution in [-0.4, -0.2) is 39.3 Å². The van der Waals surface area contributed by atoms with E-state index in [0.29, 0.717) is 12.6 Å². The largest absolute Gasteiger partial charge is 0.396 e. The van der Waals surface area contributed by atoms with E-state index in [1.807, 2.05) is 12.5 Å². The van der Waals surface area contributed by atoms with Crippen molar-refractivity contribution in [2.45, 2.75) is 70.9 Å². The third-order valence-electron chi connectivity index (χ3n) is 5.71. The molecule has 1 saturated carbocycles. The number of aliphatic hydroxyl groups excluding tert-OH is 1. The molecule has 1 aliphatic carbocycles. The molecule has 1 N–H and O–H groups in total. The highest BCUT2D eigenvalue weighted by Gasteiger charge is 2.34. The average molecular weight is 305 g/mol. The first-order valence-electron chi connectivity index (χ1n) is 9.10. The number of aliphatic hydroxyl groups is 1. The Morgan fingerprint density at radius 2 is 2.14 bits per heavy atom. The number of piperidine rings is 1. The lowest BCUT2D eigenvalue weighted by Crippen LogP contribution is -2.45. The van der Waals surface area contributed by atoms with Gasteiger partial charge in [-0.05, 0) is 38.6 Å². The zero-order valence-corrected chi connectivity index (χ0v) is 14.0. The summed E-state index contributed by atoms with van der Waals surface area (Å²) in [4.78, 5) is 6.95. The summed E-state index contributed by atoms with van der Waals surface area (Å²) in [6.45, 7) is 5.74. The molecule has 4 heteroatoms. The molecule has 0 bridgehead atoms. The summed E-state index contributed by atoms with van der Waals surface area (Å²) in [5.41, 5.74) is 1.49. The van der Waals surface area contributed by atoms with Crippen LogP contribution >= 0.6 is 0 Å². The summed E-state index contributed by atoms with van der Waals surface area (Å²) in [7, 11) is 0. The first kappa shape index (κ1) is 16.0. The Labute approximate surface area is 134 Å². The SMILES string of the molecule is CCCC1(CO)CCCN(Cc2cncn2C2CCCC2)C1. The van der Waals surface area contributed by atoms with Crippen LogP contribution in [0.25, 0.3) is 0 Å². The van der Waals surface area contributed by atoms with E-state index < -0.39 is 0 Å². The second kappa shape index (κ2) is 7.14. The predicted molar refractivity (Wildman–Crippen MR) is 88.7 cm³/mol. The fraction of sp³-hybridized carbons (Fsp3) is 0.833. The first-order chi connectivity index (χ1) is 10.8. The maximum absolute atomic E-state index is 9.90. The minimum atomic E-state index is 0.130. The van der Waals surface area contributed by atoms with E-state index in [1.54, 1.807) is 0 Å². The first-order valence-corrected chi connectivity index (χ1v) is 9.10. The van der Waals surface area contributed by atoms with Crippen molar-refractivity contribution in [3.05, 3.63) is 18.2 Å². The topological polar surface area (TPSA) is 41.3 Å². The zero-order chi connectivity index (χ0) is 15.4. The highest BCUT2D eigenvalue weighted by atomic mass is 16.3. The van der Waals surface area contributed by atoms with Crippen LogP contribution in [0.1, 0.15) is 70.0 Å². The van der Waals surface area contributed by atoms with Gasteiger partial charge in [-0.15, -0.1) is 0 Å². The van der Waals surface area contributed by atoms with Crippen molar-refractivity contribution in [2.75, 3.05) is 19.7 Å². The van der Waals surface area contributed by atoms with Crippen LogP contribution in [0.5, 0.6) is 0 Å². The molecule has 124 valence electrons. The van der Waals surface area contributed by atoms with Gasteiger partial charge < -0.3 is 9.67 Å². The molecule has 0 radical (unpaired) electrons. The lowest BCUT2D eigenvalue weighted by Gasteiger charge is -2.42. The van der Waals surface area contributed by atoms with Crippen LogP contribution < -0.4 is 0 Å². The van der Waals surface area contributed by atoms with Crippen molar-refractivity contribution in [3.8, 4) is 0 Å². The Hall–Kier alpha value is -0.870. The van der Waals surface area contributed by atoms with Gasteiger partial charge in [0.05, 0.1) is 12.0 Å². The van der Waals surface area contributed by atoms with Gasteiger partial charge in [-0.2, -0.15) is 0 Å². The van der Waals surface area contributed by atoms with Crippen LogP contribution in [0.15, 0.2) is 12.5 Å². The van der Waals surface area contributed by atoms with Crippen molar-refractivity contribution >= 4 is 0 Å². The molecule has 22 heavy (non-hydrogen) atoms. The van der Waals surface area contributed by atoms with Gasteiger partial charge in [0.2, 0.25) is 0 Å². The van der Waals surface area contributed by atoms with Gasteiger partial charge in [0.1, 0.15) is 0 Å². The van der Waals surface area contributed by atoms with E-state index in [2.05, 4.69) is 21.4 Å². The fourth-order valence-corrected chi connectivity index (χ4v) is 4.58. The summed E-state index contributed by atoms with van der Waals surface area (Å²) in [6.07, 6.45) is 14.1. The van der Waals surface area contributed by atoms with E-state index in [4.69, 9.17) is 0 Å². The lowest BCUT2D eigenvalue weighted by molar-refractivity contribution is 0.0206. The Bertz CT molecular complexity index is 463. The number of rotatable bonds is 6. The second-order valence-corrected chi connectivity index (χ2v) is 7.45. The van der Waals surface area contributed by atoms with Gasteiger partial charge in [0.15, 0.2) is 0 Å². The summed E-state index contributed by atoms with van der Waals surface area (Å²) in [5, 5.41) is 9.90. The number of likely N-dealkylation sites (tertiary alicyclic amines) is 1. The molecule has 4 nitrogen and oxygen atoms in total. The Morgan fingerprint density at radius 1 is 1.32 bits per heavy atom. The number of aromatic nitrogens is 2. The molecule has 2 fully saturated rings. The Balaban J connectivity index is 1.66. The smallest absolute Gasteiger partial charge is 0.0951 e. The molecule has 1 unspecified atom stereocenters. The van der Waals surface area contributed by atoms with Crippen LogP contribution in [0.3, 0.4) is 0 Å². The number of imidazole rings is 1. The normalized spacial score (nSPS) is 27.5. The van der Waals surface area contributed by atoms with E-state index in [0.717, 1.165) is 32.5 Å². The molecule has 1 atom stereocenters. The number of hydrogen-bond donors (Lipinski definition) is 1. The quantitative estimate of drug-likeness (QED) is 0.876. The average Bonchev–Trinajstić information content (AvgIpc) is 3.18. The molecule has 1 aliphatic heterocycles. The van der Waals surface area contributed by atoms with Crippen LogP contribution in [-0.2, 0) is 6.54 Å². The zero-order valence-electron chi connectivity index (χ0n) is 14.0. The minimum Gasteiger partial charge on any atom is -0.396 e. The van der Waals surface area contributed by atoms with E-state index in [-0.39, 0.29) is 5.41 Å². The Morgan fingerprint density at radius 3 is 2.86 bits per heavy atom. The molecular weight excluding hydrogens is 274 g/mol. The van der Waals surface area contributed by atoms with E-state index >= 15 is 0 Å². The molecule has 0 amide bonds. The van der Waals surface area contributed by atoms with Crippen LogP contribution in [0, 0.1) is 5.41 Å². The standard InChI is InChI=1S/C18H31N3O/c1-2-8-18(14-22)9-5-10-20(13-18)12-17-11-19-15-21(17)16-6-3-4-7-16/h11,15-16,22H,2-10,12-14H2,1H3. The van der Waals surface area contributed by atoms with Crippen molar-refractivity contribution in [1.82, 2.24) is 14.5 Å². The summed E-state index contributed by atoms with van der Waals surface area (Å²) in [5.74, 6) is 0. The van der Waals surface area contributed by atoms with Crippen molar-refractivity contribution in [1.29, 1.82) is 0 Å². The van der Waals surface area contributed by atoms with Gasteiger partial charge in [0, 0.05) is 37.4 Å². The summed E-state index contributed by atoms with van der Waals surface area (Å²) >= 11 is 0. The van der Waals surface area contributed by atoms with Crippen molar-refractivity contribution in [2.24, 2.45) is 5.41 Å². The molecule has 1 aromatic rings. The van der Waals surface area contributed by atoms with Gasteiger partial charge in [-0.1, -0.05) is 26.2 Å².